The lowest BCUT2D eigenvalue weighted by atomic mass is 10.1. The molecule has 0 aliphatic rings. The zero-order valence-electron chi connectivity index (χ0n) is 11.2. The molecule has 0 saturated heterocycles. The van der Waals surface area contributed by atoms with Crippen LogP contribution in [-0.4, -0.2) is 6.61 Å². The van der Waals surface area contributed by atoms with E-state index >= 15 is 0 Å². The Kier molecular flexibility index (Phi) is 4.86. The third-order valence-corrected chi connectivity index (χ3v) is 3.13. The van der Waals surface area contributed by atoms with Crippen LogP contribution in [0, 0.1) is 11.3 Å². The van der Waals surface area contributed by atoms with E-state index in [1.54, 1.807) is 18.2 Å². The summed E-state index contributed by atoms with van der Waals surface area (Å²) in [6.45, 7) is 3.17. The maximum atomic E-state index is 9.09. The molecule has 2 aromatic rings. The average Bonchev–Trinajstić information content (AvgIpc) is 2.46. The molecule has 0 unspecified atom stereocenters. The molecule has 0 aromatic heterocycles. The summed E-state index contributed by atoms with van der Waals surface area (Å²) in [5.41, 5.74) is 2.27. The lowest BCUT2D eigenvalue weighted by Gasteiger charge is -2.11. The molecule has 0 fully saturated rings. The van der Waals surface area contributed by atoms with Gasteiger partial charge in [0.15, 0.2) is 0 Å². The highest BCUT2D eigenvalue weighted by molar-refractivity contribution is 6.33. The van der Waals surface area contributed by atoms with Gasteiger partial charge in [-0.2, -0.15) is 5.26 Å². The highest BCUT2D eigenvalue weighted by atomic mass is 35.5. The number of hydrogen-bond acceptors (Lipinski definition) is 3. The number of rotatable bonds is 5. The predicted octanol–water partition coefficient (Wildman–Crippen LogP) is 4.22. The predicted molar refractivity (Wildman–Crippen MR) is 81.1 cm³/mol. The first-order valence-electron chi connectivity index (χ1n) is 6.38. The Bertz CT molecular complexity index is 635. The number of para-hydroxylation sites is 1. The van der Waals surface area contributed by atoms with Gasteiger partial charge >= 0.3 is 0 Å². The second-order valence-corrected chi connectivity index (χ2v) is 4.62. The molecule has 0 amide bonds. The Balaban J connectivity index is 2.13. The molecule has 0 radical (unpaired) electrons. The van der Waals surface area contributed by atoms with E-state index in [9.17, 15) is 0 Å². The Hall–Kier alpha value is -2.18. The van der Waals surface area contributed by atoms with Crippen LogP contribution < -0.4 is 10.1 Å². The molecule has 0 spiro atoms. The second kappa shape index (κ2) is 6.83. The molecule has 0 atom stereocenters. The van der Waals surface area contributed by atoms with Gasteiger partial charge in [-0.05, 0) is 36.8 Å². The Morgan fingerprint density at radius 1 is 1.25 bits per heavy atom. The molecule has 3 nitrogen and oxygen atoms in total. The standard InChI is InChI=1S/C16H15ClN2O/c1-2-20-14-7-3-5-12(9-14)11-19-16-13(10-18)6-4-8-15(16)17/h3-9,19H,2,11H2,1H3. The van der Waals surface area contributed by atoms with E-state index in [4.69, 9.17) is 21.6 Å². The number of anilines is 1. The summed E-state index contributed by atoms with van der Waals surface area (Å²) in [5.74, 6) is 0.839. The van der Waals surface area contributed by atoms with Crippen molar-refractivity contribution >= 4 is 17.3 Å². The van der Waals surface area contributed by atoms with E-state index in [0.717, 1.165) is 11.3 Å². The summed E-state index contributed by atoms with van der Waals surface area (Å²) >= 11 is 6.12. The Labute approximate surface area is 123 Å². The van der Waals surface area contributed by atoms with Gasteiger partial charge < -0.3 is 10.1 Å². The SMILES string of the molecule is CCOc1cccc(CNc2c(Cl)cccc2C#N)c1. The van der Waals surface area contributed by atoms with Crippen molar-refractivity contribution in [3.8, 4) is 11.8 Å². The second-order valence-electron chi connectivity index (χ2n) is 4.21. The normalized spacial score (nSPS) is 9.85. The van der Waals surface area contributed by atoms with Crippen molar-refractivity contribution in [1.82, 2.24) is 0 Å². The number of nitriles is 1. The molecular formula is C16H15ClN2O. The zero-order chi connectivity index (χ0) is 14.4. The van der Waals surface area contributed by atoms with Crippen LogP contribution in [0.25, 0.3) is 0 Å². The zero-order valence-corrected chi connectivity index (χ0v) is 11.9. The molecular weight excluding hydrogens is 272 g/mol. The highest BCUT2D eigenvalue weighted by Crippen LogP contribution is 2.26. The van der Waals surface area contributed by atoms with E-state index < -0.39 is 0 Å². The quantitative estimate of drug-likeness (QED) is 0.895. The number of nitrogens with zero attached hydrogens (tertiary/aromatic N) is 1. The van der Waals surface area contributed by atoms with Crippen LogP contribution >= 0.6 is 11.6 Å². The van der Waals surface area contributed by atoms with Gasteiger partial charge in [-0.25, -0.2) is 0 Å². The Morgan fingerprint density at radius 2 is 2.05 bits per heavy atom. The molecule has 2 aromatic carbocycles. The lowest BCUT2D eigenvalue weighted by Crippen LogP contribution is -2.02. The monoisotopic (exact) mass is 286 g/mol. The number of ether oxygens (including phenoxy) is 1. The molecule has 20 heavy (non-hydrogen) atoms. The number of halogens is 1. The van der Waals surface area contributed by atoms with Crippen LogP contribution in [0.3, 0.4) is 0 Å². The van der Waals surface area contributed by atoms with Crippen molar-refractivity contribution in [3.63, 3.8) is 0 Å². The molecule has 0 heterocycles. The summed E-state index contributed by atoms with van der Waals surface area (Å²) in [5, 5.41) is 12.8. The molecule has 0 bridgehead atoms. The summed E-state index contributed by atoms with van der Waals surface area (Å²) in [6.07, 6.45) is 0. The van der Waals surface area contributed by atoms with Crippen LogP contribution in [-0.2, 0) is 6.54 Å². The van der Waals surface area contributed by atoms with Crippen LogP contribution in [0.15, 0.2) is 42.5 Å². The van der Waals surface area contributed by atoms with E-state index in [1.165, 1.54) is 0 Å². The van der Waals surface area contributed by atoms with Gasteiger partial charge in [-0.15, -0.1) is 0 Å². The minimum absolute atomic E-state index is 0.540. The van der Waals surface area contributed by atoms with Crippen LogP contribution in [0.2, 0.25) is 5.02 Å². The van der Waals surface area contributed by atoms with Crippen molar-refractivity contribution in [2.75, 3.05) is 11.9 Å². The fraction of sp³-hybridized carbons (Fsp3) is 0.188. The van der Waals surface area contributed by atoms with Gasteiger partial charge in [0.05, 0.1) is 22.9 Å². The van der Waals surface area contributed by atoms with Gasteiger partial charge in [0.25, 0.3) is 0 Å². The van der Waals surface area contributed by atoms with E-state index in [2.05, 4.69) is 11.4 Å². The average molecular weight is 287 g/mol. The van der Waals surface area contributed by atoms with Gasteiger partial charge in [-0.3, -0.25) is 0 Å². The molecule has 0 aliphatic heterocycles. The number of nitrogens with one attached hydrogen (secondary N) is 1. The first-order chi connectivity index (χ1) is 9.74. The summed E-state index contributed by atoms with van der Waals surface area (Å²) < 4.78 is 5.46. The largest absolute Gasteiger partial charge is 0.494 e. The van der Waals surface area contributed by atoms with E-state index in [0.29, 0.717) is 29.4 Å². The van der Waals surface area contributed by atoms with E-state index in [-0.39, 0.29) is 0 Å². The van der Waals surface area contributed by atoms with Crippen molar-refractivity contribution < 1.29 is 4.74 Å². The van der Waals surface area contributed by atoms with Gasteiger partial charge in [0.1, 0.15) is 11.8 Å². The maximum absolute atomic E-state index is 9.09. The smallest absolute Gasteiger partial charge is 0.119 e. The molecule has 1 N–H and O–H groups in total. The van der Waals surface area contributed by atoms with E-state index in [1.807, 2.05) is 31.2 Å². The molecule has 0 aliphatic carbocycles. The topological polar surface area (TPSA) is 45.0 Å². The minimum atomic E-state index is 0.540. The third-order valence-electron chi connectivity index (χ3n) is 2.81. The van der Waals surface area contributed by atoms with Crippen LogP contribution in [0.4, 0.5) is 5.69 Å². The van der Waals surface area contributed by atoms with Crippen LogP contribution in [0.1, 0.15) is 18.1 Å². The summed E-state index contributed by atoms with van der Waals surface area (Å²) in [7, 11) is 0. The Morgan fingerprint density at radius 3 is 2.80 bits per heavy atom. The lowest BCUT2D eigenvalue weighted by molar-refractivity contribution is 0.340. The van der Waals surface area contributed by atoms with Gasteiger partial charge in [-0.1, -0.05) is 29.8 Å². The fourth-order valence-corrected chi connectivity index (χ4v) is 2.14. The third kappa shape index (κ3) is 3.43. The summed E-state index contributed by atoms with van der Waals surface area (Å²) in [6, 6.07) is 15.2. The summed E-state index contributed by atoms with van der Waals surface area (Å²) in [4.78, 5) is 0. The van der Waals surface area contributed by atoms with Gasteiger partial charge in [0.2, 0.25) is 0 Å². The van der Waals surface area contributed by atoms with Crippen molar-refractivity contribution in [2.24, 2.45) is 0 Å². The molecule has 2 rings (SSSR count). The van der Waals surface area contributed by atoms with Crippen molar-refractivity contribution in [1.29, 1.82) is 5.26 Å². The molecule has 102 valence electrons. The van der Waals surface area contributed by atoms with Gasteiger partial charge in [0, 0.05) is 6.54 Å². The van der Waals surface area contributed by atoms with Crippen LogP contribution in [0.5, 0.6) is 5.75 Å². The molecule has 0 saturated carbocycles. The maximum Gasteiger partial charge on any atom is 0.119 e. The first kappa shape index (κ1) is 14.2. The van der Waals surface area contributed by atoms with Crippen molar-refractivity contribution in [3.05, 3.63) is 58.6 Å². The number of benzene rings is 2. The first-order valence-corrected chi connectivity index (χ1v) is 6.76. The highest BCUT2D eigenvalue weighted by Gasteiger charge is 2.06. The van der Waals surface area contributed by atoms with Crippen molar-refractivity contribution in [2.45, 2.75) is 13.5 Å². The number of hydrogen-bond donors (Lipinski definition) is 1. The minimum Gasteiger partial charge on any atom is -0.494 e. The fourth-order valence-electron chi connectivity index (χ4n) is 1.90. The molecule has 4 heteroatoms.